The highest BCUT2D eigenvalue weighted by Crippen LogP contribution is 2.65. The second kappa shape index (κ2) is 5.47. The van der Waals surface area contributed by atoms with E-state index in [9.17, 15) is 9.59 Å². The van der Waals surface area contributed by atoms with Crippen molar-refractivity contribution in [3.8, 4) is 0 Å². The Morgan fingerprint density at radius 1 is 1.00 bits per heavy atom. The highest BCUT2D eigenvalue weighted by molar-refractivity contribution is 9.10. The maximum Gasteiger partial charge on any atom is 0.223 e. The van der Waals surface area contributed by atoms with Gasteiger partial charge in [-0.25, -0.2) is 0 Å². The van der Waals surface area contributed by atoms with E-state index in [1.807, 2.05) is 9.80 Å². The first-order valence-electron chi connectivity index (χ1n) is 9.09. The Bertz CT molecular complexity index is 513. The fraction of sp³-hybridized carbons (Fsp3) is 0.889. The number of carbonyl (C=O) groups is 2. The molecule has 4 aliphatic carbocycles. The van der Waals surface area contributed by atoms with Crippen LogP contribution < -0.4 is 0 Å². The molecule has 5 aliphatic rings. The number of alkyl halides is 1. The van der Waals surface area contributed by atoms with Crippen molar-refractivity contribution in [3.05, 3.63) is 0 Å². The Morgan fingerprint density at radius 3 is 2.09 bits per heavy atom. The summed E-state index contributed by atoms with van der Waals surface area (Å²) in [6.07, 6.45) is 8.46. The Hall–Kier alpha value is -0.580. The molecule has 4 bridgehead atoms. The van der Waals surface area contributed by atoms with Crippen LogP contribution in [0.15, 0.2) is 0 Å². The molecule has 23 heavy (non-hydrogen) atoms. The first-order chi connectivity index (χ1) is 10.9. The van der Waals surface area contributed by atoms with Gasteiger partial charge in [-0.15, -0.1) is 0 Å². The van der Waals surface area contributed by atoms with Crippen LogP contribution in [0.5, 0.6) is 0 Å². The highest BCUT2D eigenvalue weighted by atomic mass is 79.9. The number of amides is 2. The Morgan fingerprint density at radius 2 is 1.57 bits per heavy atom. The van der Waals surface area contributed by atoms with Gasteiger partial charge in [0, 0.05) is 43.8 Å². The molecule has 128 valence electrons. The van der Waals surface area contributed by atoms with Gasteiger partial charge >= 0.3 is 0 Å². The number of hydrogen-bond donors (Lipinski definition) is 0. The van der Waals surface area contributed by atoms with Gasteiger partial charge in [0.1, 0.15) is 0 Å². The molecule has 4 saturated carbocycles. The third kappa shape index (κ3) is 2.94. The van der Waals surface area contributed by atoms with Crippen LogP contribution in [-0.2, 0) is 9.59 Å². The summed E-state index contributed by atoms with van der Waals surface area (Å²) in [6, 6.07) is 0. The van der Waals surface area contributed by atoms with Crippen molar-refractivity contribution in [2.75, 3.05) is 26.2 Å². The van der Waals surface area contributed by atoms with Crippen molar-refractivity contribution in [1.29, 1.82) is 0 Å². The molecule has 1 saturated heterocycles. The van der Waals surface area contributed by atoms with Gasteiger partial charge in [-0.2, -0.15) is 0 Å². The zero-order valence-electron chi connectivity index (χ0n) is 14.0. The van der Waals surface area contributed by atoms with Gasteiger partial charge in [0.15, 0.2) is 0 Å². The number of rotatable bonds is 2. The lowest BCUT2D eigenvalue weighted by atomic mass is 9.48. The zero-order chi connectivity index (χ0) is 16.2. The Balaban J connectivity index is 1.40. The first-order valence-corrected chi connectivity index (χ1v) is 9.88. The summed E-state index contributed by atoms with van der Waals surface area (Å²) in [4.78, 5) is 28.1. The molecule has 0 aromatic heterocycles. The lowest BCUT2D eigenvalue weighted by Gasteiger charge is -2.60. The van der Waals surface area contributed by atoms with Crippen molar-refractivity contribution in [2.45, 2.75) is 56.2 Å². The molecule has 5 fully saturated rings. The minimum atomic E-state index is 0.124. The van der Waals surface area contributed by atoms with E-state index in [-0.39, 0.29) is 11.3 Å². The standard InChI is InChI=1S/C18H27BrN2O2/c1-13(22)20-2-4-21(5-3-20)16(23)11-17-7-14-6-15(8-17)10-18(19,9-14)12-17/h14-15H,2-12H2,1H3. The van der Waals surface area contributed by atoms with Crippen molar-refractivity contribution in [1.82, 2.24) is 9.80 Å². The maximum atomic E-state index is 12.9. The van der Waals surface area contributed by atoms with E-state index in [0.717, 1.165) is 18.3 Å². The van der Waals surface area contributed by atoms with Crippen LogP contribution in [0.25, 0.3) is 0 Å². The largest absolute Gasteiger partial charge is 0.339 e. The van der Waals surface area contributed by atoms with Crippen LogP contribution in [0.4, 0.5) is 0 Å². The van der Waals surface area contributed by atoms with Gasteiger partial charge < -0.3 is 9.80 Å². The molecule has 0 radical (unpaired) electrons. The molecule has 5 heteroatoms. The van der Waals surface area contributed by atoms with Crippen molar-refractivity contribution in [3.63, 3.8) is 0 Å². The predicted molar refractivity (Wildman–Crippen MR) is 92.2 cm³/mol. The molecule has 2 amide bonds. The van der Waals surface area contributed by atoms with E-state index in [1.165, 1.54) is 38.5 Å². The van der Waals surface area contributed by atoms with Gasteiger partial charge in [-0.3, -0.25) is 9.59 Å². The smallest absolute Gasteiger partial charge is 0.223 e. The van der Waals surface area contributed by atoms with Crippen LogP contribution in [0, 0.1) is 17.3 Å². The molecule has 2 atom stereocenters. The molecule has 0 N–H and O–H groups in total. The summed E-state index contributed by atoms with van der Waals surface area (Å²) < 4.78 is 0.324. The van der Waals surface area contributed by atoms with Gasteiger partial charge in [0.25, 0.3) is 0 Å². The molecular formula is C18H27BrN2O2. The lowest BCUT2D eigenvalue weighted by molar-refractivity contribution is -0.143. The van der Waals surface area contributed by atoms with E-state index in [4.69, 9.17) is 0 Å². The van der Waals surface area contributed by atoms with E-state index >= 15 is 0 Å². The van der Waals surface area contributed by atoms with E-state index in [2.05, 4.69) is 15.9 Å². The van der Waals surface area contributed by atoms with Crippen LogP contribution in [0.1, 0.15) is 51.9 Å². The molecule has 0 spiro atoms. The van der Waals surface area contributed by atoms with Crippen LogP contribution >= 0.6 is 15.9 Å². The summed E-state index contributed by atoms with van der Waals surface area (Å²) in [6.45, 7) is 4.42. The molecule has 4 nitrogen and oxygen atoms in total. The number of nitrogens with zero attached hydrogens (tertiary/aromatic N) is 2. The number of hydrogen-bond acceptors (Lipinski definition) is 2. The average Bonchev–Trinajstić information content (AvgIpc) is 2.44. The van der Waals surface area contributed by atoms with Crippen LogP contribution in [-0.4, -0.2) is 52.1 Å². The second-order valence-electron chi connectivity index (χ2n) is 8.68. The normalized spacial score (nSPS) is 42.2. The minimum Gasteiger partial charge on any atom is -0.339 e. The van der Waals surface area contributed by atoms with Crippen molar-refractivity contribution in [2.24, 2.45) is 17.3 Å². The SMILES string of the molecule is CC(=O)N1CCN(C(=O)CC23CC4CC(CC(Br)(C4)C2)C3)CC1. The quantitative estimate of drug-likeness (QED) is 0.688. The number of piperazine rings is 1. The zero-order valence-corrected chi connectivity index (χ0v) is 15.6. The molecule has 2 unspecified atom stereocenters. The van der Waals surface area contributed by atoms with Crippen LogP contribution in [0.2, 0.25) is 0 Å². The topological polar surface area (TPSA) is 40.6 Å². The predicted octanol–water partition coefficient (Wildman–Crippen LogP) is 2.80. The second-order valence-corrected chi connectivity index (χ2v) is 10.4. The Labute approximate surface area is 147 Å². The molecule has 1 aliphatic heterocycles. The highest BCUT2D eigenvalue weighted by Gasteiger charge is 2.57. The average molecular weight is 383 g/mol. The minimum absolute atomic E-state index is 0.124. The van der Waals surface area contributed by atoms with Crippen molar-refractivity contribution < 1.29 is 9.59 Å². The summed E-state index contributed by atoms with van der Waals surface area (Å²) in [5.74, 6) is 2.11. The number of halogens is 1. The van der Waals surface area contributed by atoms with Gasteiger partial charge in [-0.1, -0.05) is 15.9 Å². The summed E-state index contributed by atoms with van der Waals surface area (Å²) >= 11 is 4.03. The van der Waals surface area contributed by atoms with E-state index in [0.29, 0.717) is 36.4 Å². The first kappa shape index (κ1) is 15.9. The Kier molecular flexibility index (Phi) is 3.78. The monoisotopic (exact) mass is 382 g/mol. The summed E-state index contributed by atoms with van der Waals surface area (Å²) in [5.41, 5.74) is 0.252. The van der Waals surface area contributed by atoms with E-state index < -0.39 is 0 Å². The molecule has 0 aromatic rings. The van der Waals surface area contributed by atoms with E-state index in [1.54, 1.807) is 6.92 Å². The summed E-state index contributed by atoms with van der Waals surface area (Å²) in [5, 5.41) is 0. The molecule has 1 heterocycles. The maximum absolute atomic E-state index is 12.9. The van der Waals surface area contributed by atoms with Gasteiger partial charge in [-0.05, 0) is 55.8 Å². The lowest BCUT2D eigenvalue weighted by Crippen LogP contribution is -2.55. The molecule has 5 rings (SSSR count). The van der Waals surface area contributed by atoms with Gasteiger partial charge in [0.2, 0.25) is 11.8 Å². The van der Waals surface area contributed by atoms with Gasteiger partial charge in [0.05, 0.1) is 0 Å². The van der Waals surface area contributed by atoms with Crippen molar-refractivity contribution >= 4 is 27.7 Å². The third-order valence-electron chi connectivity index (χ3n) is 6.71. The summed E-state index contributed by atoms with van der Waals surface area (Å²) in [7, 11) is 0. The van der Waals surface area contributed by atoms with Crippen LogP contribution in [0.3, 0.4) is 0 Å². The third-order valence-corrected chi connectivity index (χ3v) is 7.64. The number of carbonyl (C=O) groups excluding carboxylic acids is 2. The molecule has 0 aromatic carbocycles. The fourth-order valence-electron chi connectivity index (χ4n) is 6.25. The molecular weight excluding hydrogens is 356 g/mol. The fourth-order valence-corrected chi connectivity index (χ4v) is 7.76.